The van der Waals surface area contributed by atoms with Crippen LogP contribution in [0.25, 0.3) is 32.8 Å². The van der Waals surface area contributed by atoms with E-state index in [2.05, 4.69) is 17.0 Å². The maximum Gasteiger partial charge on any atom is 0.129 e. The molecule has 5 heteroatoms. The Bertz CT molecular complexity index is 1120. The van der Waals surface area contributed by atoms with Crippen LogP contribution in [0.1, 0.15) is 6.42 Å². The number of para-hydroxylation sites is 2. The number of aromatic nitrogens is 2. The molecule has 142 valence electrons. The number of hydrogen-bond acceptors (Lipinski definition) is 5. The molecule has 4 aromatic rings. The first-order chi connectivity index (χ1) is 13.9. The third kappa shape index (κ3) is 3.39. The molecule has 0 saturated carbocycles. The second-order valence-corrected chi connectivity index (χ2v) is 7.16. The molecular weight excluding hydrogens is 350 g/mol. The molecule has 2 heterocycles. The molecule has 1 aliphatic rings. The third-order valence-corrected chi connectivity index (χ3v) is 5.29. The lowest BCUT2D eigenvalue weighted by Gasteiger charge is -2.26. The number of benzene rings is 3. The summed E-state index contributed by atoms with van der Waals surface area (Å²) in [6, 6.07) is 18.3. The van der Waals surface area contributed by atoms with Gasteiger partial charge in [0.15, 0.2) is 0 Å². The zero-order valence-corrected chi connectivity index (χ0v) is 15.8. The van der Waals surface area contributed by atoms with Crippen LogP contribution in [0.15, 0.2) is 54.6 Å². The average molecular weight is 373 g/mol. The molecule has 0 aliphatic carbocycles. The van der Waals surface area contributed by atoms with Crippen molar-refractivity contribution in [3.05, 3.63) is 54.6 Å². The average Bonchev–Trinajstić information content (AvgIpc) is 2.76. The molecule has 1 aliphatic heterocycles. The van der Waals surface area contributed by atoms with Crippen molar-refractivity contribution >= 4 is 32.8 Å². The smallest absolute Gasteiger partial charge is 0.129 e. The molecule has 5 rings (SSSR count). The van der Waals surface area contributed by atoms with Gasteiger partial charge in [0.05, 0.1) is 41.9 Å². The van der Waals surface area contributed by atoms with E-state index in [0.717, 1.165) is 77.9 Å². The van der Waals surface area contributed by atoms with E-state index < -0.39 is 0 Å². The molecule has 0 unspecified atom stereocenters. The van der Waals surface area contributed by atoms with Gasteiger partial charge in [-0.25, -0.2) is 9.97 Å². The van der Waals surface area contributed by atoms with Crippen LogP contribution in [0.4, 0.5) is 0 Å². The predicted octanol–water partition coefficient (Wildman–Crippen LogP) is 4.04. The second kappa shape index (κ2) is 7.70. The van der Waals surface area contributed by atoms with Gasteiger partial charge in [-0.15, -0.1) is 0 Å². The summed E-state index contributed by atoms with van der Waals surface area (Å²) in [6.07, 6.45) is 0.996. The maximum absolute atomic E-state index is 6.20. The maximum atomic E-state index is 6.20. The summed E-state index contributed by atoms with van der Waals surface area (Å²) in [6.45, 7) is 5.43. The first-order valence-corrected chi connectivity index (χ1v) is 9.90. The third-order valence-electron chi connectivity index (χ3n) is 5.29. The van der Waals surface area contributed by atoms with Crippen LogP contribution in [0.5, 0.6) is 5.75 Å². The van der Waals surface area contributed by atoms with Crippen molar-refractivity contribution in [2.24, 2.45) is 0 Å². The summed E-state index contributed by atoms with van der Waals surface area (Å²) in [4.78, 5) is 12.1. The lowest BCUT2D eigenvalue weighted by atomic mass is 10.1. The molecule has 1 saturated heterocycles. The van der Waals surface area contributed by atoms with E-state index in [1.165, 1.54) is 0 Å². The number of hydrogen-bond donors (Lipinski definition) is 0. The Morgan fingerprint density at radius 3 is 2.39 bits per heavy atom. The van der Waals surface area contributed by atoms with Crippen LogP contribution in [0, 0.1) is 0 Å². The van der Waals surface area contributed by atoms with E-state index in [1.807, 2.05) is 42.5 Å². The summed E-state index contributed by atoms with van der Waals surface area (Å²) >= 11 is 0. The van der Waals surface area contributed by atoms with E-state index in [1.54, 1.807) is 0 Å². The Morgan fingerprint density at radius 1 is 0.857 bits per heavy atom. The van der Waals surface area contributed by atoms with Gasteiger partial charge in [0.2, 0.25) is 0 Å². The van der Waals surface area contributed by atoms with Gasteiger partial charge in [0.25, 0.3) is 0 Å². The standard InChI is InChI=1S/C23H23N3O2/c1-2-7-18-17(6-1)22(28-13-5-10-26-11-14-27-15-12-26)16-21-23(18)25-20-9-4-3-8-19(20)24-21/h1-4,6-9,16H,5,10-15H2. The molecule has 3 aromatic carbocycles. The molecule has 1 fully saturated rings. The zero-order valence-electron chi connectivity index (χ0n) is 15.8. The van der Waals surface area contributed by atoms with Crippen molar-refractivity contribution < 1.29 is 9.47 Å². The van der Waals surface area contributed by atoms with Crippen LogP contribution in [0.2, 0.25) is 0 Å². The largest absolute Gasteiger partial charge is 0.493 e. The Kier molecular flexibility index (Phi) is 4.77. The Balaban J connectivity index is 1.44. The van der Waals surface area contributed by atoms with E-state index in [4.69, 9.17) is 19.4 Å². The highest BCUT2D eigenvalue weighted by Crippen LogP contribution is 2.32. The van der Waals surface area contributed by atoms with Crippen molar-refractivity contribution in [3.63, 3.8) is 0 Å². The first-order valence-electron chi connectivity index (χ1n) is 9.90. The molecule has 0 bridgehead atoms. The van der Waals surface area contributed by atoms with Gasteiger partial charge in [-0.05, 0) is 18.6 Å². The molecule has 0 N–H and O–H groups in total. The normalized spacial score (nSPS) is 15.4. The quantitative estimate of drug-likeness (QED) is 0.300. The van der Waals surface area contributed by atoms with Crippen molar-refractivity contribution in [2.45, 2.75) is 6.42 Å². The Morgan fingerprint density at radius 2 is 1.57 bits per heavy atom. The van der Waals surface area contributed by atoms with Gasteiger partial charge in [0.1, 0.15) is 5.75 Å². The molecule has 1 aromatic heterocycles. The van der Waals surface area contributed by atoms with Gasteiger partial charge in [-0.2, -0.15) is 0 Å². The highest BCUT2D eigenvalue weighted by atomic mass is 16.5. The van der Waals surface area contributed by atoms with Crippen LogP contribution in [0.3, 0.4) is 0 Å². The monoisotopic (exact) mass is 373 g/mol. The summed E-state index contributed by atoms with van der Waals surface area (Å²) < 4.78 is 11.6. The van der Waals surface area contributed by atoms with Crippen molar-refractivity contribution in [1.29, 1.82) is 0 Å². The van der Waals surface area contributed by atoms with E-state index >= 15 is 0 Å². The molecule has 0 radical (unpaired) electrons. The fraction of sp³-hybridized carbons (Fsp3) is 0.304. The topological polar surface area (TPSA) is 47.5 Å². The summed E-state index contributed by atoms with van der Waals surface area (Å²) in [5, 5.41) is 2.17. The number of nitrogens with zero attached hydrogens (tertiary/aromatic N) is 3. The van der Waals surface area contributed by atoms with Crippen LogP contribution in [-0.4, -0.2) is 54.3 Å². The molecule has 5 nitrogen and oxygen atoms in total. The Labute approximate surface area is 163 Å². The van der Waals surface area contributed by atoms with Gasteiger partial charge < -0.3 is 9.47 Å². The summed E-state index contributed by atoms with van der Waals surface area (Å²) in [7, 11) is 0. The van der Waals surface area contributed by atoms with E-state index in [9.17, 15) is 0 Å². The number of fused-ring (bicyclic) bond motifs is 4. The highest BCUT2D eigenvalue weighted by Gasteiger charge is 2.12. The van der Waals surface area contributed by atoms with Crippen molar-refractivity contribution in [1.82, 2.24) is 14.9 Å². The van der Waals surface area contributed by atoms with Crippen molar-refractivity contribution in [2.75, 3.05) is 39.5 Å². The molecule has 0 atom stereocenters. The Hall–Kier alpha value is -2.76. The number of rotatable bonds is 5. The fourth-order valence-electron chi connectivity index (χ4n) is 3.83. The van der Waals surface area contributed by atoms with Crippen LogP contribution in [-0.2, 0) is 4.74 Å². The number of morpholine rings is 1. The minimum Gasteiger partial charge on any atom is -0.493 e. The zero-order chi connectivity index (χ0) is 18.8. The SMILES string of the molecule is c1ccc2nc3c(cc(OCCCN4CCOCC4)c4ccccc43)nc2c1. The lowest BCUT2D eigenvalue weighted by Crippen LogP contribution is -2.37. The van der Waals surface area contributed by atoms with Gasteiger partial charge in [-0.1, -0.05) is 36.4 Å². The molecular formula is C23H23N3O2. The summed E-state index contributed by atoms with van der Waals surface area (Å²) in [5.41, 5.74) is 3.62. The first kappa shape index (κ1) is 17.3. The van der Waals surface area contributed by atoms with Crippen LogP contribution >= 0.6 is 0 Å². The van der Waals surface area contributed by atoms with Gasteiger partial charge in [-0.3, -0.25) is 4.90 Å². The second-order valence-electron chi connectivity index (χ2n) is 7.16. The molecule has 28 heavy (non-hydrogen) atoms. The van der Waals surface area contributed by atoms with E-state index in [0.29, 0.717) is 6.61 Å². The molecule has 0 spiro atoms. The van der Waals surface area contributed by atoms with Crippen molar-refractivity contribution in [3.8, 4) is 5.75 Å². The van der Waals surface area contributed by atoms with Crippen LogP contribution < -0.4 is 4.74 Å². The molecule has 0 amide bonds. The van der Waals surface area contributed by atoms with E-state index in [-0.39, 0.29) is 0 Å². The minimum atomic E-state index is 0.688. The highest BCUT2D eigenvalue weighted by molar-refractivity contribution is 6.08. The summed E-state index contributed by atoms with van der Waals surface area (Å²) in [5.74, 6) is 0.884. The minimum absolute atomic E-state index is 0.688. The van der Waals surface area contributed by atoms with Gasteiger partial charge in [0, 0.05) is 36.5 Å². The number of ether oxygens (including phenoxy) is 2. The predicted molar refractivity (Wildman–Crippen MR) is 112 cm³/mol. The van der Waals surface area contributed by atoms with Gasteiger partial charge >= 0.3 is 0 Å². The fourth-order valence-corrected chi connectivity index (χ4v) is 3.83. The lowest BCUT2D eigenvalue weighted by molar-refractivity contribution is 0.0358.